The molecular weight excluding hydrogens is 410 g/mol. The first-order chi connectivity index (χ1) is 12.3. The number of thioether (sulfide) groups is 1. The third-order valence-corrected chi connectivity index (χ3v) is 6.30. The third kappa shape index (κ3) is 4.28. The molecule has 2 aromatic rings. The Morgan fingerprint density at radius 3 is 2.65 bits per heavy atom. The van der Waals surface area contributed by atoms with Crippen molar-refractivity contribution >= 4 is 62.7 Å². The molecule has 2 heterocycles. The molecule has 0 saturated carbocycles. The van der Waals surface area contributed by atoms with Crippen molar-refractivity contribution in [2.45, 2.75) is 13.0 Å². The van der Waals surface area contributed by atoms with E-state index in [1.165, 1.54) is 16.7 Å². The van der Waals surface area contributed by atoms with Crippen molar-refractivity contribution < 1.29 is 13.4 Å². The Morgan fingerprint density at radius 2 is 2.00 bits per heavy atom. The standard InChI is InChI=1S/C18H16ClNO3S3/c1-11(10-26(2)22)20-17(21)16(25-18(20)24)9-14-7-8-15(23-14)12-3-5-13(19)6-4-12/h3-9,11H,10H2,1-2H3/b16-9+. The van der Waals surface area contributed by atoms with E-state index in [0.29, 0.717) is 31.5 Å². The van der Waals surface area contributed by atoms with Gasteiger partial charge in [-0.25, -0.2) is 0 Å². The third-order valence-electron chi connectivity index (χ3n) is 3.77. The highest BCUT2D eigenvalue weighted by Crippen LogP contribution is 2.35. The number of hydrogen-bond acceptors (Lipinski definition) is 5. The largest absolute Gasteiger partial charge is 0.457 e. The van der Waals surface area contributed by atoms with E-state index in [1.54, 1.807) is 30.5 Å². The van der Waals surface area contributed by atoms with Gasteiger partial charge in [-0.15, -0.1) is 0 Å². The summed E-state index contributed by atoms with van der Waals surface area (Å²) in [7, 11) is -1.00. The van der Waals surface area contributed by atoms with E-state index in [2.05, 4.69) is 0 Å². The number of furan rings is 1. The molecule has 1 aromatic carbocycles. The highest BCUT2D eigenvalue weighted by atomic mass is 35.5. The molecule has 1 fully saturated rings. The number of nitrogens with zero attached hydrogens (tertiary/aromatic N) is 1. The zero-order valence-corrected chi connectivity index (χ0v) is 17.3. The van der Waals surface area contributed by atoms with Gasteiger partial charge < -0.3 is 4.42 Å². The van der Waals surface area contributed by atoms with Crippen molar-refractivity contribution in [3.8, 4) is 11.3 Å². The fourth-order valence-electron chi connectivity index (χ4n) is 2.60. The quantitative estimate of drug-likeness (QED) is 0.518. The summed E-state index contributed by atoms with van der Waals surface area (Å²) in [6.07, 6.45) is 3.31. The Morgan fingerprint density at radius 1 is 1.31 bits per heavy atom. The van der Waals surface area contributed by atoms with Crippen molar-refractivity contribution in [1.82, 2.24) is 4.90 Å². The van der Waals surface area contributed by atoms with E-state index in [-0.39, 0.29) is 11.9 Å². The predicted molar refractivity (Wildman–Crippen MR) is 113 cm³/mol. The number of hydrogen-bond donors (Lipinski definition) is 0. The number of halogens is 1. The first-order valence-corrected chi connectivity index (χ1v) is 11.1. The number of benzene rings is 1. The fourth-order valence-corrected chi connectivity index (χ4v) is 5.00. The molecule has 1 aliphatic rings. The minimum Gasteiger partial charge on any atom is -0.457 e. The summed E-state index contributed by atoms with van der Waals surface area (Å²) in [5.41, 5.74) is 0.903. The normalized spacial score (nSPS) is 18.6. The summed E-state index contributed by atoms with van der Waals surface area (Å²) in [6.45, 7) is 1.85. The summed E-state index contributed by atoms with van der Waals surface area (Å²) >= 11 is 12.5. The highest BCUT2D eigenvalue weighted by molar-refractivity contribution is 8.26. The Kier molecular flexibility index (Phi) is 6.02. The molecule has 0 bridgehead atoms. The number of rotatable bonds is 5. The van der Waals surface area contributed by atoms with Crippen LogP contribution in [0.4, 0.5) is 0 Å². The van der Waals surface area contributed by atoms with Crippen LogP contribution in [0.3, 0.4) is 0 Å². The number of carbonyl (C=O) groups excluding carboxylic acids is 1. The molecule has 2 unspecified atom stereocenters. The summed E-state index contributed by atoms with van der Waals surface area (Å²) in [4.78, 5) is 14.7. The first-order valence-electron chi connectivity index (χ1n) is 7.78. The summed E-state index contributed by atoms with van der Waals surface area (Å²) in [6, 6.07) is 10.8. The van der Waals surface area contributed by atoms with Gasteiger partial charge in [-0.3, -0.25) is 13.9 Å². The molecule has 0 radical (unpaired) electrons. The number of thiocarbonyl (C=S) groups is 1. The lowest BCUT2D eigenvalue weighted by molar-refractivity contribution is -0.123. The van der Waals surface area contributed by atoms with Crippen LogP contribution < -0.4 is 0 Å². The molecule has 4 nitrogen and oxygen atoms in total. The van der Waals surface area contributed by atoms with Crippen LogP contribution in [0.1, 0.15) is 12.7 Å². The van der Waals surface area contributed by atoms with Crippen LogP contribution in [0.2, 0.25) is 5.02 Å². The lowest BCUT2D eigenvalue weighted by atomic mass is 10.2. The van der Waals surface area contributed by atoms with Gasteiger partial charge in [0, 0.05) is 45.5 Å². The van der Waals surface area contributed by atoms with Gasteiger partial charge in [0.05, 0.1) is 4.91 Å². The van der Waals surface area contributed by atoms with Crippen LogP contribution >= 0.6 is 35.6 Å². The maximum atomic E-state index is 12.7. The van der Waals surface area contributed by atoms with Crippen LogP contribution in [0, 0.1) is 0 Å². The molecule has 1 aliphatic heterocycles. The summed E-state index contributed by atoms with van der Waals surface area (Å²) in [5, 5.41) is 0.659. The van der Waals surface area contributed by atoms with Crippen LogP contribution in [-0.4, -0.2) is 37.4 Å². The zero-order chi connectivity index (χ0) is 18.8. The van der Waals surface area contributed by atoms with Gasteiger partial charge >= 0.3 is 0 Å². The number of carbonyl (C=O) groups is 1. The SMILES string of the molecule is CC(CS(C)=O)N1C(=O)/C(=C\c2ccc(-c3ccc(Cl)cc3)o2)SC1=S. The lowest BCUT2D eigenvalue weighted by Crippen LogP contribution is -2.39. The van der Waals surface area contributed by atoms with Crippen LogP contribution in [-0.2, 0) is 15.6 Å². The van der Waals surface area contributed by atoms with Crippen molar-refractivity contribution in [2.75, 3.05) is 12.0 Å². The molecule has 136 valence electrons. The van der Waals surface area contributed by atoms with Crippen molar-refractivity contribution in [2.24, 2.45) is 0 Å². The van der Waals surface area contributed by atoms with Crippen LogP contribution in [0.15, 0.2) is 45.7 Å². The smallest absolute Gasteiger partial charge is 0.266 e. The van der Waals surface area contributed by atoms with Gasteiger partial charge in [-0.2, -0.15) is 0 Å². The summed E-state index contributed by atoms with van der Waals surface area (Å²) < 4.78 is 17.7. The van der Waals surface area contributed by atoms with Crippen LogP contribution in [0.25, 0.3) is 17.4 Å². The summed E-state index contributed by atoms with van der Waals surface area (Å²) in [5.74, 6) is 1.48. The second kappa shape index (κ2) is 8.08. The molecule has 1 amide bonds. The maximum absolute atomic E-state index is 12.7. The molecule has 0 N–H and O–H groups in total. The Bertz CT molecular complexity index is 905. The Hall–Kier alpha value is -1.41. The highest BCUT2D eigenvalue weighted by Gasteiger charge is 2.35. The fraction of sp³-hybridized carbons (Fsp3) is 0.222. The van der Waals surface area contributed by atoms with E-state index < -0.39 is 10.8 Å². The predicted octanol–water partition coefficient (Wildman–Crippen LogP) is 4.57. The minimum atomic E-state index is -1.00. The van der Waals surface area contributed by atoms with Crippen molar-refractivity contribution in [1.29, 1.82) is 0 Å². The van der Waals surface area contributed by atoms with Crippen molar-refractivity contribution in [3.63, 3.8) is 0 Å². The topological polar surface area (TPSA) is 50.5 Å². The van der Waals surface area contributed by atoms with Crippen molar-refractivity contribution in [3.05, 3.63) is 52.1 Å². The minimum absolute atomic E-state index is 0.178. The van der Waals surface area contributed by atoms with E-state index in [0.717, 1.165) is 5.56 Å². The average molecular weight is 426 g/mol. The zero-order valence-electron chi connectivity index (χ0n) is 14.1. The molecule has 26 heavy (non-hydrogen) atoms. The van der Waals surface area contributed by atoms with Gasteiger partial charge in [0.2, 0.25) is 0 Å². The Labute approximate surface area is 169 Å². The number of amides is 1. The molecule has 3 rings (SSSR count). The van der Waals surface area contributed by atoms with Gasteiger partial charge in [-0.05, 0) is 43.3 Å². The van der Waals surface area contributed by atoms with Gasteiger partial charge in [-0.1, -0.05) is 35.6 Å². The van der Waals surface area contributed by atoms with E-state index in [4.69, 9.17) is 28.2 Å². The molecule has 1 aromatic heterocycles. The molecule has 1 saturated heterocycles. The van der Waals surface area contributed by atoms with E-state index in [9.17, 15) is 9.00 Å². The second-order valence-corrected chi connectivity index (χ2v) is 9.44. The Balaban J connectivity index is 1.80. The molecule has 0 aliphatic carbocycles. The van der Waals surface area contributed by atoms with E-state index >= 15 is 0 Å². The van der Waals surface area contributed by atoms with Gasteiger partial charge in [0.1, 0.15) is 15.8 Å². The molecule has 0 spiro atoms. The maximum Gasteiger partial charge on any atom is 0.266 e. The van der Waals surface area contributed by atoms with E-state index in [1.807, 2.05) is 25.1 Å². The average Bonchev–Trinajstić information content (AvgIpc) is 3.13. The molecular formula is C18H16ClNO3S3. The van der Waals surface area contributed by atoms with Crippen LogP contribution in [0.5, 0.6) is 0 Å². The molecule has 2 atom stereocenters. The lowest BCUT2D eigenvalue weighted by Gasteiger charge is -2.21. The van der Waals surface area contributed by atoms with Gasteiger partial charge in [0.25, 0.3) is 5.91 Å². The monoisotopic (exact) mass is 425 g/mol. The molecule has 8 heteroatoms. The first kappa shape index (κ1) is 19.4. The van der Waals surface area contributed by atoms with Gasteiger partial charge in [0.15, 0.2) is 0 Å². The second-order valence-electron chi connectivity index (χ2n) is 5.85.